The van der Waals surface area contributed by atoms with Gasteiger partial charge in [0.25, 0.3) is 0 Å². The van der Waals surface area contributed by atoms with Crippen LogP contribution in [0.2, 0.25) is 0 Å². The molecule has 0 radical (unpaired) electrons. The van der Waals surface area contributed by atoms with Gasteiger partial charge in [-0.3, -0.25) is 0 Å². The lowest BCUT2D eigenvalue weighted by atomic mass is 10.0. The van der Waals surface area contributed by atoms with E-state index in [2.05, 4.69) is 11.8 Å². The van der Waals surface area contributed by atoms with Gasteiger partial charge in [-0.15, -0.1) is 0 Å². The maximum Gasteiger partial charge on any atom is 0.338 e. The second-order valence-electron chi connectivity index (χ2n) is 4.70. The molecule has 3 nitrogen and oxygen atoms in total. The van der Waals surface area contributed by atoms with E-state index in [0.717, 1.165) is 37.2 Å². The smallest absolute Gasteiger partial charge is 0.338 e. The number of hydrogen-bond acceptors (Lipinski definition) is 3. The minimum atomic E-state index is -0.308. The lowest BCUT2D eigenvalue weighted by molar-refractivity contribution is 0.0600. The minimum Gasteiger partial charge on any atom is -0.465 e. The molecule has 100 valence electrons. The van der Waals surface area contributed by atoms with Crippen LogP contribution < -0.4 is 0 Å². The Hall–Kier alpha value is -1.79. The third-order valence-electron chi connectivity index (χ3n) is 3.21. The predicted molar refractivity (Wildman–Crippen MR) is 72.9 cm³/mol. The highest BCUT2D eigenvalue weighted by Crippen LogP contribution is 2.14. The zero-order valence-electron chi connectivity index (χ0n) is 11.4. The van der Waals surface area contributed by atoms with E-state index in [1.54, 1.807) is 6.07 Å². The zero-order valence-corrected chi connectivity index (χ0v) is 11.4. The molecular formula is C16H18O3. The fourth-order valence-electron chi connectivity index (χ4n) is 2.12. The average Bonchev–Trinajstić information content (AvgIpc) is 2.45. The number of carbonyl (C=O) groups excluding carboxylic acids is 1. The van der Waals surface area contributed by atoms with Crippen LogP contribution in [0.25, 0.3) is 0 Å². The number of hydrogen-bond donors (Lipinski definition) is 0. The maximum atomic E-state index is 11.5. The Labute approximate surface area is 113 Å². The van der Waals surface area contributed by atoms with Crippen molar-refractivity contribution in [1.82, 2.24) is 0 Å². The summed E-state index contributed by atoms with van der Waals surface area (Å²) < 4.78 is 10.1. The molecule has 1 heterocycles. The van der Waals surface area contributed by atoms with E-state index in [9.17, 15) is 4.79 Å². The Balaban J connectivity index is 2.11. The van der Waals surface area contributed by atoms with Gasteiger partial charge < -0.3 is 9.47 Å². The maximum absolute atomic E-state index is 11.5. The van der Waals surface area contributed by atoms with Crippen LogP contribution >= 0.6 is 0 Å². The first-order valence-electron chi connectivity index (χ1n) is 6.49. The molecule has 0 bridgehead atoms. The van der Waals surface area contributed by atoms with Gasteiger partial charge in [-0.25, -0.2) is 4.79 Å². The van der Waals surface area contributed by atoms with Crippen molar-refractivity contribution in [1.29, 1.82) is 0 Å². The van der Waals surface area contributed by atoms with Crippen molar-refractivity contribution in [3.05, 3.63) is 34.9 Å². The topological polar surface area (TPSA) is 35.5 Å². The van der Waals surface area contributed by atoms with Crippen molar-refractivity contribution in [2.75, 3.05) is 20.3 Å². The summed E-state index contributed by atoms with van der Waals surface area (Å²) in [5.74, 6) is 6.41. The molecule has 0 spiro atoms. The van der Waals surface area contributed by atoms with Crippen molar-refractivity contribution >= 4 is 5.97 Å². The van der Waals surface area contributed by atoms with Crippen LogP contribution in [0.4, 0.5) is 0 Å². The molecule has 19 heavy (non-hydrogen) atoms. The van der Waals surface area contributed by atoms with Crippen LogP contribution in [0.3, 0.4) is 0 Å². The van der Waals surface area contributed by atoms with Crippen LogP contribution in [0.5, 0.6) is 0 Å². The first-order chi connectivity index (χ1) is 9.20. The van der Waals surface area contributed by atoms with Gasteiger partial charge in [-0.1, -0.05) is 11.8 Å². The summed E-state index contributed by atoms with van der Waals surface area (Å²) in [4.78, 5) is 11.5. The SMILES string of the molecule is COC(=O)c1ccc(C#C[C@H]2CCCOC2)cc1C. The van der Waals surface area contributed by atoms with Crippen molar-refractivity contribution in [2.24, 2.45) is 5.92 Å². The second-order valence-corrected chi connectivity index (χ2v) is 4.70. The molecule has 0 saturated carbocycles. The van der Waals surface area contributed by atoms with E-state index >= 15 is 0 Å². The number of ether oxygens (including phenoxy) is 2. The van der Waals surface area contributed by atoms with Crippen molar-refractivity contribution in [3.63, 3.8) is 0 Å². The number of carbonyl (C=O) groups is 1. The zero-order chi connectivity index (χ0) is 13.7. The summed E-state index contributed by atoms with van der Waals surface area (Å²) in [7, 11) is 1.39. The molecule has 1 aromatic rings. The van der Waals surface area contributed by atoms with Gasteiger partial charge in [0.15, 0.2) is 0 Å². The largest absolute Gasteiger partial charge is 0.465 e. The Morgan fingerprint density at radius 3 is 2.95 bits per heavy atom. The summed E-state index contributed by atoms with van der Waals surface area (Å²) >= 11 is 0. The van der Waals surface area contributed by atoms with Crippen LogP contribution in [0.15, 0.2) is 18.2 Å². The number of esters is 1. The molecule has 0 amide bonds. The van der Waals surface area contributed by atoms with Gasteiger partial charge in [0.2, 0.25) is 0 Å². The van der Waals surface area contributed by atoms with E-state index in [1.807, 2.05) is 19.1 Å². The highest BCUT2D eigenvalue weighted by Gasteiger charge is 2.11. The van der Waals surface area contributed by atoms with Gasteiger partial charge in [0, 0.05) is 18.1 Å². The van der Waals surface area contributed by atoms with E-state index in [1.165, 1.54) is 7.11 Å². The van der Waals surface area contributed by atoms with E-state index < -0.39 is 0 Å². The van der Waals surface area contributed by atoms with Gasteiger partial charge in [-0.05, 0) is 43.5 Å². The lowest BCUT2D eigenvalue weighted by Gasteiger charge is -2.16. The highest BCUT2D eigenvalue weighted by atomic mass is 16.5. The summed E-state index contributed by atoms with van der Waals surface area (Å²) in [6.07, 6.45) is 2.19. The average molecular weight is 258 g/mol. The minimum absolute atomic E-state index is 0.308. The number of aryl methyl sites for hydroxylation is 1. The highest BCUT2D eigenvalue weighted by molar-refractivity contribution is 5.91. The van der Waals surface area contributed by atoms with Crippen LogP contribution in [-0.2, 0) is 9.47 Å². The van der Waals surface area contributed by atoms with Crippen molar-refractivity contribution < 1.29 is 14.3 Å². The normalized spacial score (nSPS) is 18.3. The Morgan fingerprint density at radius 2 is 2.32 bits per heavy atom. The first kappa shape index (κ1) is 13.6. The standard InChI is InChI=1S/C16H18O3/c1-12-10-13(7-8-15(12)16(17)18-2)5-6-14-4-3-9-19-11-14/h7-8,10,14H,3-4,9,11H2,1-2H3/t14-/m1/s1. The molecule has 2 rings (SSSR count). The van der Waals surface area contributed by atoms with Gasteiger partial charge in [0.1, 0.15) is 0 Å². The van der Waals surface area contributed by atoms with Gasteiger partial charge in [-0.2, -0.15) is 0 Å². The second kappa shape index (κ2) is 6.40. The molecule has 0 unspecified atom stereocenters. The number of methoxy groups -OCH3 is 1. The van der Waals surface area contributed by atoms with Crippen molar-refractivity contribution in [3.8, 4) is 11.8 Å². The first-order valence-corrected chi connectivity index (χ1v) is 6.49. The quantitative estimate of drug-likeness (QED) is 0.573. The molecular weight excluding hydrogens is 240 g/mol. The summed E-state index contributed by atoms with van der Waals surface area (Å²) in [5, 5.41) is 0. The Bertz CT molecular complexity index is 517. The van der Waals surface area contributed by atoms with E-state index in [0.29, 0.717) is 11.5 Å². The van der Waals surface area contributed by atoms with Crippen molar-refractivity contribution in [2.45, 2.75) is 19.8 Å². The lowest BCUT2D eigenvalue weighted by Crippen LogP contribution is -2.15. The molecule has 1 atom stereocenters. The summed E-state index contributed by atoms with van der Waals surface area (Å²) in [6, 6.07) is 5.54. The predicted octanol–water partition coefficient (Wildman–Crippen LogP) is 2.56. The molecule has 3 heteroatoms. The molecule has 0 aromatic heterocycles. The molecule has 1 aliphatic rings. The van der Waals surface area contributed by atoms with E-state index in [4.69, 9.17) is 9.47 Å². The molecule has 1 aromatic carbocycles. The fraction of sp³-hybridized carbons (Fsp3) is 0.438. The molecule has 1 aliphatic heterocycles. The number of benzene rings is 1. The molecule has 0 aliphatic carbocycles. The number of rotatable bonds is 1. The fourth-order valence-corrected chi connectivity index (χ4v) is 2.12. The third kappa shape index (κ3) is 3.59. The third-order valence-corrected chi connectivity index (χ3v) is 3.21. The van der Waals surface area contributed by atoms with Gasteiger partial charge >= 0.3 is 5.97 Å². The molecule has 1 fully saturated rings. The molecule has 1 saturated heterocycles. The monoisotopic (exact) mass is 258 g/mol. The Morgan fingerprint density at radius 1 is 1.47 bits per heavy atom. The van der Waals surface area contributed by atoms with Crippen LogP contribution in [0, 0.1) is 24.7 Å². The van der Waals surface area contributed by atoms with Gasteiger partial charge in [0.05, 0.1) is 19.3 Å². The van der Waals surface area contributed by atoms with Crippen LogP contribution in [-0.4, -0.2) is 26.3 Å². The summed E-state index contributed by atoms with van der Waals surface area (Å²) in [6.45, 7) is 3.47. The summed E-state index contributed by atoms with van der Waals surface area (Å²) in [5.41, 5.74) is 2.41. The molecule has 0 N–H and O–H groups in total. The van der Waals surface area contributed by atoms with E-state index in [-0.39, 0.29) is 5.97 Å². The van der Waals surface area contributed by atoms with Crippen LogP contribution in [0.1, 0.15) is 34.3 Å². The Kier molecular flexibility index (Phi) is 4.59.